The van der Waals surface area contributed by atoms with Gasteiger partial charge in [0.2, 0.25) is 5.75 Å². The van der Waals surface area contributed by atoms with E-state index in [9.17, 15) is 48.3 Å². The molecule has 0 aliphatic carbocycles. The maximum Gasteiger partial charge on any atom is 0.573 e. The number of hydrogen-bond donors (Lipinski definition) is 0. The van der Waals surface area contributed by atoms with Crippen LogP contribution in [0.3, 0.4) is 0 Å². The molecule has 38 heavy (non-hydrogen) atoms. The lowest BCUT2D eigenvalue weighted by Crippen LogP contribution is -2.26. The van der Waals surface area contributed by atoms with E-state index in [-0.39, 0.29) is 24.1 Å². The van der Waals surface area contributed by atoms with Crippen LogP contribution in [-0.4, -0.2) is 6.36 Å². The first-order valence-corrected chi connectivity index (χ1v) is 10.5. The molecule has 3 aromatic rings. The number of halogens is 11. The van der Waals surface area contributed by atoms with E-state index < -0.39 is 70.2 Å². The van der Waals surface area contributed by atoms with E-state index in [2.05, 4.69) is 14.2 Å². The van der Waals surface area contributed by atoms with Crippen LogP contribution < -0.4 is 14.2 Å². The molecular weight excluding hydrogens is 545 g/mol. The number of alkyl halides is 7. The molecule has 0 aromatic heterocycles. The van der Waals surface area contributed by atoms with Gasteiger partial charge in [-0.15, -0.1) is 13.2 Å². The molecule has 0 heterocycles. The van der Waals surface area contributed by atoms with Crippen molar-refractivity contribution in [2.45, 2.75) is 38.3 Å². The Kier molecular flexibility index (Phi) is 8.03. The van der Waals surface area contributed by atoms with Crippen LogP contribution >= 0.6 is 0 Å². The molecule has 0 amide bonds. The fourth-order valence-corrected chi connectivity index (χ4v) is 3.27. The third-order valence-corrected chi connectivity index (χ3v) is 4.80. The van der Waals surface area contributed by atoms with E-state index in [1.807, 2.05) is 0 Å². The Bertz CT molecular complexity index is 1240. The third-order valence-electron chi connectivity index (χ3n) is 4.80. The molecule has 3 aromatic carbocycles. The number of aryl methyl sites for hydroxylation is 1. The summed E-state index contributed by atoms with van der Waals surface area (Å²) in [5.74, 6) is -11.1. The van der Waals surface area contributed by atoms with Crippen molar-refractivity contribution in [2.75, 3.05) is 0 Å². The van der Waals surface area contributed by atoms with E-state index >= 15 is 0 Å². The maximum absolute atomic E-state index is 14.5. The second kappa shape index (κ2) is 10.6. The van der Waals surface area contributed by atoms with Crippen molar-refractivity contribution >= 4 is 0 Å². The summed E-state index contributed by atoms with van der Waals surface area (Å²) in [6, 6.07) is 3.58. The highest BCUT2D eigenvalue weighted by molar-refractivity contribution is 5.37. The van der Waals surface area contributed by atoms with Gasteiger partial charge in [0.25, 0.3) is 0 Å². The van der Waals surface area contributed by atoms with E-state index in [4.69, 9.17) is 0 Å². The summed E-state index contributed by atoms with van der Waals surface area (Å²) in [4.78, 5) is 0. The van der Waals surface area contributed by atoms with Crippen LogP contribution in [0.25, 0.3) is 0 Å². The average Bonchev–Trinajstić information content (AvgIpc) is 2.75. The Balaban J connectivity index is 1.78. The van der Waals surface area contributed by atoms with Crippen molar-refractivity contribution < 1.29 is 62.5 Å². The minimum absolute atomic E-state index is 0.00493. The molecule has 0 aliphatic rings. The summed E-state index contributed by atoms with van der Waals surface area (Å²) >= 11 is 0. The maximum atomic E-state index is 14.5. The van der Waals surface area contributed by atoms with Gasteiger partial charge >= 0.3 is 18.6 Å². The standard InChI is InChI=1S/C24H15F11O3/c1-2-3-12-8-16(25)20(17(26)9-12)23(31,32)36-14-6-4-13(5-7-14)22(29,30)37-15-10-18(27)21(19(28)11-15)38-24(33,34)35/h4-11H,2-3H2,1H3. The number of rotatable bonds is 9. The monoisotopic (exact) mass is 560 g/mol. The summed E-state index contributed by atoms with van der Waals surface area (Å²) in [6.45, 7) is 1.71. The zero-order chi connectivity index (χ0) is 28.5. The summed E-state index contributed by atoms with van der Waals surface area (Å²) in [5.41, 5.74) is -2.63. The molecule has 0 radical (unpaired) electrons. The van der Waals surface area contributed by atoms with Crippen LogP contribution in [0.4, 0.5) is 48.3 Å². The van der Waals surface area contributed by atoms with Crippen LogP contribution in [0.15, 0.2) is 48.5 Å². The van der Waals surface area contributed by atoms with Gasteiger partial charge in [-0.3, -0.25) is 0 Å². The SMILES string of the molecule is CCCc1cc(F)c(C(F)(F)Oc2ccc(C(F)(F)Oc3cc(F)c(OC(F)(F)F)c(F)c3)cc2)c(F)c1. The molecule has 3 rings (SSSR count). The van der Waals surface area contributed by atoms with Crippen LogP contribution in [0.2, 0.25) is 0 Å². The predicted octanol–water partition coefficient (Wildman–Crippen LogP) is 8.35. The fourth-order valence-electron chi connectivity index (χ4n) is 3.27. The van der Waals surface area contributed by atoms with Crippen molar-refractivity contribution in [2.24, 2.45) is 0 Å². The lowest BCUT2D eigenvalue weighted by molar-refractivity contribution is -0.276. The number of hydrogen-bond acceptors (Lipinski definition) is 3. The molecule has 0 unspecified atom stereocenters. The lowest BCUT2D eigenvalue weighted by Gasteiger charge is -2.21. The topological polar surface area (TPSA) is 27.7 Å². The van der Waals surface area contributed by atoms with Gasteiger partial charge in [0.1, 0.15) is 28.7 Å². The molecule has 0 spiro atoms. The largest absolute Gasteiger partial charge is 0.573 e. The molecule has 0 saturated heterocycles. The van der Waals surface area contributed by atoms with Gasteiger partial charge < -0.3 is 14.2 Å². The Morgan fingerprint density at radius 3 is 1.58 bits per heavy atom. The van der Waals surface area contributed by atoms with Crippen molar-refractivity contribution in [1.29, 1.82) is 0 Å². The van der Waals surface area contributed by atoms with Gasteiger partial charge in [0.15, 0.2) is 11.6 Å². The van der Waals surface area contributed by atoms with Crippen LogP contribution in [0.1, 0.15) is 30.0 Å². The van der Waals surface area contributed by atoms with Crippen molar-refractivity contribution in [3.05, 3.63) is 88.5 Å². The molecule has 0 saturated carbocycles. The van der Waals surface area contributed by atoms with Gasteiger partial charge in [-0.25, -0.2) is 17.6 Å². The highest BCUT2D eigenvalue weighted by atomic mass is 19.4. The van der Waals surface area contributed by atoms with Crippen molar-refractivity contribution in [1.82, 2.24) is 0 Å². The smallest absolute Gasteiger partial charge is 0.429 e. The molecule has 0 N–H and O–H groups in total. The lowest BCUT2D eigenvalue weighted by atomic mass is 10.1. The first-order valence-electron chi connectivity index (χ1n) is 10.5. The Hall–Kier alpha value is -3.71. The minimum atomic E-state index is -5.47. The molecule has 206 valence electrons. The number of ether oxygens (including phenoxy) is 3. The molecule has 0 aliphatic heterocycles. The quantitative estimate of drug-likeness (QED) is 0.246. The first kappa shape index (κ1) is 28.9. The molecule has 0 atom stereocenters. The van der Waals surface area contributed by atoms with Crippen molar-refractivity contribution in [3.8, 4) is 17.2 Å². The predicted molar refractivity (Wildman–Crippen MR) is 109 cm³/mol. The normalized spacial score (nSPS) is 12.4. The second-order valence-electron chi connectivity index (χ2n) is 7.71. The number of benzene rings is 3. The van der Waals surface area contributed by atoms with E-state index in [1.54, 1.807) is 6.92 Å². The Labute approximate surface area is 207 Å². The van der Waals surface area contributed by atoms with Gasteiger partial charge in [-0.1, -0.05) is 13.3 Å². The summed E-state index contributed by atoms with van der Waals surface area (Å²) < 4.78 is 162. The molecule has 0 fully saturated rings. The highest BCUT2D eigenvalue weighted by Gasteiger charge is 2.42. The van der Waals surface area contributed by atoms with Gasteiger partial charge in [-0.05, 0) is 48.4 Å². The molecule has 0 bridgehead atoms. The van der Waals surface area contributed by atoms with Crippen LogP contribution in [0, 0.1) is 23.3 Å². The zero-order valence-electron chi connectivity index (χ0n) is 18.9. The summed E-state index contributed by atoms with van der Waals surface area (Å²) in [5, 5.41) is 0. The average molecular weight is 560 g/mol. The van der Waals surface area contributed by atoms with Gasteiger partial charge in [-0.2, -0.15) is 17.6 Å². The second-order valence-corrected chi connectivity index (χ2v) is 7.71. The molecule has 14 heteroatoms. The fraction of sp³-hybridized carbons (Fsp3) is 0.250. The highest BCUT2D eigenvalue weighted by Crippen LogP contribution is 2.39. The summed E-state index contributed by atoms with van der Waals surface area (Å²) in [7, 11) is 0. The molecule has 3 nitrogen and oxygen atoms in total. The first-order chi connectivity index (χ1) is 17.5. The summed E-state index contributed by atoms with van der Waals surface area (Å²) in [6.07, 6.45) is -13.7. The van der Waals surface area contributed by atoms with Gasteiger partial charge in [0, 0.05) is 12.1 Å². The minimum Gasteiger partial charge on any atom is -0.429 e. The Morgan fingerprint density at radius 2 is 1.11 bits per heavy atom. The Morgan fingerprint density at radius 1 is 0.605 bits per heavy atom. The third kappa shape index (κ3) is 6.78. The molecular formula is C24H15F11O3. The van der Waals surface area contributed by atoms with E-state index in [1.165, 1.54) is 0 Å². The zero-order valence-corrected chi connectivity index (χ0v) is 18.9. The van der Waals surface area contributed by atoms with Crippen LogP contribution in [0.5, 0.6) is 17.2 Å². The van der Waals surface area contributed by atoms with Gasteiger partial charge in [0.05, 0.1) is 5.56 Å². The van der Waals surface area contributed by atoms with Crippen molar-refractivity contribution in [3.63, 3.8) is 0 Å². The van der Waals surface area contributed by atoms with E-state index in [0.29, 0.717) is 42.8 Å². The van der Waals surface area contributed by atoms with Crippen LogP contribution in [-0.2, 0) is 18.6 Å². The van der Waals surface area contributed by atoms with E-state index in [0.717, 1.165) is 0 Å².